The monoisotopic (exact) mass is 384 g/mol. The number of halogens is 1. The molecule has 0 saturated carbocycles. The third-order valence-electron chi connectivity index (χ3n) is 3.59. The number of aromatic nitrogens is 5. The number of aromatic amines is 1. The van der Waals surface area contributed by atoms with Gasteiger partial charge in [-0.25, -0.2) is 9.67 Å². The lowest BCUT2D eigenvalue weighted by Gasteiger charge is -2.01. The zero-order chi connectivity index (χ0) is 17.9. The summed E-state index contributed by atoms with van der Waals surface area (Å²) < 4.78 is 1.63. The molecule has 4 aromatic rings. The van der Waals surface area contributed by atoms with Crippen LogP contribution in [0.25, 0.3) is 10.6 Å². The van der Waals surface area contributed by atoms with Crippen molar-refractivity contribution in [2.45, 2.75) is 6.54 Å². The van der Waals surface area contributed by atoms with Crippen molar-refractivity contribution in [2.75, 3.05) is 5.32 Å². The highest BCUT2D eigenvalue weighted by Gasteiger charge is 2.14. The van der Waals surface area contributed by atoms with Gasteiger partial charge in [-0.1, -0.05) is 29.8 Å². The van der Waals surface area contributed by atoms with Gasteiger partial charge < -0.3 is 0 Å². The number of nitrogens with zero attached hydrogens (tertiary/aromatic N) is 4. The maximum atomic E-state index is 12.3. The van der Waals surface area contributed by atoms with E-state index < -0.39 is 0 Å². The third-order valence-corrected chi connectivity index (χ3v) is 4.73. The molecule has 0 radical (unpaired) electrons. The van der Waals surface area contributed by atoms with Gasteiger partial charge in [0.25, 0.3) is 5.91 Å². The fourth-order valence-corrected chi connectivity index (χ4v) is 3.32. The molecular formula is C17H13ClN6OS. The molecule has 4 rings (SSSR count). The molecule has 9 heteroatoms. The number of amides is 1. The Morgan fingerprint density at radius 3 is 3.00 bits per heavy atom. The number of hydrogen-bond acceptors (Lipinski definition) is 5. The number of thiophene rings is 1. The summed E-state index contributed by atoms with van der Waals surface area (Å²) in [6, 6.07) is 13.1. The summed E-state index contributed by atoms with van der Waals surface area (Å²) >= 11 is 7.55. The highest BCUT2D eigenvalue weighted by molar-refractivity contribution is 7.13. The first-order valence-electron chi connectivity index (χ1n) is 7.72. The van der Waals surface area contributed by atoms with E-state index >= 15 is 0 Å². The van der Waals surface area contributed by atoms with E-state index in [1.54, 1.807) is 28.4 Å². The van der Waals surface area contributed by atoms with Crippen molar-refractivity contribution in [2.24, 2.45) is 0 Å². The molecule has 0 aliphatic carbocycles. The number of carbonyl (C=O) groups excluding carboxylic acids is 1. The largest absolute Gasteiger partial charge is 0.288 e. The minimum Gasteiger partial charge on any atom is -0.288 e. The highest BCUT2D eigenvalue weighted by Crippen LogP contribution is 2.23. The van der Waals surface area contributed by atoms with Gasteiger partial charge >= 0.3 is 0 Å². The van der Waals surface area contributed by atoms with Crippen LogP contribution < -0.4 is 5.32 Å². The topological polar surface area (TPSA) is 88.5 Å². The van der Waals surface area contributed by atoms with Crippen LogP contribution in [-0.2, 0) is 6.54 Å². The van der Waals surface area contributed by atoms with Crippen LogP contribution in [0.2, 0.25) is 5.02 Å². The Balaban J connectivity index is 1.43. The van der Waals surface area contributed by atoms with E-state index in [2.05, 4.69) is 25.6 Å². The Morgan fingerprint density at radius 2 is 2.19 bits per heavy atom. The minimum absolute atomic E-state index is 0.220. The van der Waals surface area contributed by atoms with Crippen molar-refractivity contribution in [1.29, 1.82) is 0 Å². The van der Waals surface area contributed by atoms with E-state index in [0.717, 1.165) is 16.1 Å². The first-order chi connectivity index (χ1) is 12.7. The van der Waals surface area contributed by atoms with E-state index in [0.29, 0.717) is 11.6 Å². The molecule has 0 saturated heterocycles. The van der Waals surface area contributed by atoms with E-state index in [-0.39, 0.29) is 17.5 Å². The Kier molecular flexibility index (Phi) is 4.51. The lowest BCUT2D eigenvalue weighted by Crippen LogP contribution is -2.14. The molecule has 0 aliphatic heterocycles. The number of benzene rings is 1. The second kappa shape index (κ2) is 7.11. The molecule has 7 nitrogen and oxygen atoms in total. The van der Waals surface area contributed by atoms with Crippen LogP contribution in [0.5, 0.6) is 0 Å². The van der Waals surface area contributed by atoms with E-state index in [1.165, 1.54) is 0 Å². The highest BCUT2D eigenvalue weighted by atomic mass is 35.5. The van der Waals surface area contributed by atoms with Crippen LogP contribution in [0.15, 0.2) is 54.2 Å². The van der Waals surface area contributed by atoms with Gasteiger partial charge in [0.1, 0.15) is 6.33 Å². The summed E-state index contributed by atoms with van der Waals surface area (Å²) in [4.78, 5) is 17.4. The van der Waals surface area contributed by atoms with Gasteiger partial charge in [-0.05, 0) is 35.2 Å². The quantitative estimate of drug-likeness (QED) is 0.549. The smallest absolute Gasteiger partial charge is 0.278 e. The van der Waals surface area contributed by atoms with Crippen molar-refractivity contribution < 1.29 is 4.79 Å². The lowest BCUT2D eigenvalue weighted by molar-refractivity contribution is 0.102. The molecule has 2 N–H and O–H groups in total. The van der Waals surface area contributed by atoms with Crippen LogP contribution >= 0.6 is 22.9 Å². The Morgan fingerprint density at radius 1 is 1.27 bits per heavy atom. The molecule has 0 bridgehead atoms. The summed E-state index contributed by atoms with van der Waals surface area (Å²) in [5.41, 5.74) is 2.07. The minimum atomic E-state index is -0.371. The van der Waals surface area contributed by atoms with Crippen LogP contribution in [0.1, 0.15) is 16.1 Å². The normalized spacial score (nSPS) is 10.8. The first-order valence-corrected chi connectivity index (χ1v) is 8.98. The van der Waals surface area contributed by atoms with Crippen LogP contribution in [-0.4, -0.2) is 30.9 Å². The Bertz CT molecular complexity index is 1040. The lowest BCUT2D eigenvalue weighted by atomic mass is 10.2. The van der Waals surface area contributed by atoms with Gasteiger partial charge in [0.05, 0.1) is 17.1 Å². The van der Waals surface area contributed by atoms with Crippen LogP contribution in [0.3, 0.4) is 0 Å². The number of carbonyl (C=O) groups is 1. The fraction of sp³-hybridized carbons (Fsp3) is 0.0588. The number of rotatable bonds is 5. The predicted molar refractivity (Wildman–Crippen MR) is 100 cm³/mol. The summed E-state index contributed by atoms with van der Waals surface area (Å²) in [6.07, 6.45) is 1.55. The Labute approximate surface area is 157 Å². The average Bonchev–Trinajstić information content (AvgIpc) is 3.36. The Hall–Kier alpha value is -2.97. The number of nitrogens with one attached hydrogen (secondary N) is 2. The molecule has 3 heterocycles. The van der Waals surface area contributed by atoms with Crippen molar-refractivity contribution in [3.8, 4) is 10.6 Å². The van der Waals surface area contributed by atoms with E-state index in [9.17, 15) is 4.79 Å². The summed E-state index contributed by atoms with van der Waals surface area (Å²) in [6.45, 7) is 0.508. The molecule has 3 aromatic heterocycles. The van der Waals surface area contributed by atoms with Gasteiger partial charge in [-0.2, -0.15) is 5.10 Å². The maximum Gasteiger partial charge on any atom is 0.278 e. The average molecular weight is 385 g/mol. The zero-order valence-corrected chi connectivity index (χ0v) is 15.0. The van der Waals surface area contributed by atoms with Gasteiger partial charge in [-0.15, -0.1) is 16.4 Å². The molecule has 0 fully saturated rings. The molecule has 0 atom stereocenters. The molecule has 26 heavy (non-hydrogen) atoms. The van der Waals surface area contributed by atoms with Crippen molar-refractivity contribution in [3.05, 3.63) is 70.5 Å². The number of anilines is 1. The van der Waals surface area contributed by atoms with Gasteiger partial charge in [0.15, 0.2) is 5.69 Å². The van der Waals surface area contributed by atoms with Gasteiger partial charge in [0.2, 0.25) is 5.95 Å². The molecule has 0 unspecified atom stereocenters. The SMILES string of the molecule is O=C(Nc1ncn(Cc2cccc(Cl)c2)n1)c1cc(-c2cccs2)[nH]n1. The number of H-pyrrole nitrogens is 1. The van der Waals surface area contributed by atoms with Gasteiger partial charge in [-0.3, -0.25) is 15.2 Å². The second-order valence-electron chi connectivity index (χ2n) is 5.49. The summed E-state index contributed by atoms with van der Waals surface area (Å²) in [5.74, 6) is -0.151. The number of hydrogen-bond donors (Lipinski definition) is 2. The van der Waals surface area contributed by atoms with Gasteiger partial charge in [0, 0.05) is 5.02 Å². The molecule has 0 spiro atoms. The molecule has 1 amide bonds. The second-order valence-corrected chi connectivity index (χ2v) is 6.88. The molecular weight excluding hydrogens is 372 g/mol. The summed E-state index contributed by atoms with van der Waals surface area (Å²) in [5, 5.41) is 16.4. The molecule has 1 aromatic carbocycles. The van der Waals surface area contributed by atoms with Crippen molar-refractivity contribution in [1.82, 2.24) is 25.0 Å². The maximum absolute atomic E-state index is 12.3. The first kappa shape index (κ1) is 16.5. The molecule has 0 aliphatic rings. The third kappa shape index (κ3) is 3.66. The van der Waals surface area contributed by atoms with Crippen molar-refractivity contribution >= 4 is 34.8 Å². The van der Waals surface area contributed by atoms with E-state index in [1.807, 2.05) is 41.8 Å². The zero-order valence-electron chi connectivity index (χ0n) is 13.4. The van der Waals surface area contributed by atoms with Crippen LogP contribution in [0.4, 0.5) is 5.95 Å². The summed E-state index contributed by atoms with van der Waals surface area (Å²) in [7, 11) is 0. The van der Waals surface area contributed by atoms with E-state index in [4.69, 9.17) is 11.6 Å². The van der Waals surface area contributed by atoms with Crippen molar-refractivity contribution in [3.63, 3.8) is 0 Å². The predicted octanol–water partition coefficient (Wildman–Crippen LogP) is 3.68. The molecule has 130 valence electrons. The van der Waals surface area contributed by atoms with Crippen LogP contribution in [0, 0.1) is 0 Å². The standard InChI is InChI=1S/C17H13ClN6OS/c18-12-4-1-3-11(7-12)9-24-10-19-17(23-24)20-16(25)14-8-13(21-22-14)15-5-2-6-26-15/h1-8,10H,9H2,(H,21,22)(H,20,23,25). The fourth-order valence-electron chi connectivity index (χ4n) is 2.41.